The van der Waals surface area contributed by atoms with Gasteiger partial charge in [-0.3, -0.25) is 4.79 Å². The first-order valence-electron chi connectivity index (χ1n) is 7.12. The Morgan fingerprint density at radius 2 is 1.84 bits per heavy atom. The Balaban J connectivity index is 2.01. The first kappa shape index (κ1) is 18.7. The van der Waals surface area contributed by atoms with Crippen LogP contribution < -0.4 is 10.1 Å². The number of rotatable bonds is 5. The topological polar surface area (TPSA) is 64.6 Å². The fourth-order valence-corrected chi connectivity index (χ4v) is 2.07. The van der Waals surface area contributed by atoms with Crippen LogP contribution >= 0.6 is 11.6 Å². The molecule has 8 heteroatoms. The highest BCUT2D eigenvalue weighted by atomic mass is 35.5. The third-order valence-electron chi connectivity index (χ3n) is 3.23. The Morgan fingerprint density at radius 1 is 1.12 bits per heavy atom. The lowest BCUT2D eigenvalue weighted by Gasteiger charge is -2.14. The molecule has 0 bridgehead atoms. The maximum atomic E-state index is 13.6. The van der Waals surface area contributed by atoms with E-state index in [0.29, 0.717) is 0 Å². The van der Waals surface area contributed by atoms with Crippen LogP contribution in [-0.2, 0) is 9.53 Å². The molecule has 2 rings (SSSR count). The summed E-state index contributed by atoms with van der Waals surface area (Å²) < 4.78 is 36.4. The average molecular weight is 370 g/mol. The molecular weight excluding hydrogens is 356 g/mol. The van der Waals surface area contributed by atoms with E-state index < -0.39 is 29.6 Å². The Morgan fingerprint density at radius 3 is 2.44 bits per heavy atom. The molecule has 132 valence electrons. The van der Waals surface area contributed by atoms with Crippen LogP contribution in [0.2, 0.25) is 5.02 Å². The minimum atomic E-state index is -1.17. The van der Waals surface area contributed by atoms with Gasteiger partial charge in [0, 0.05) is 5.69 Å². The minimum absolute atomic E-state index is 0.0180. The number of hydrogen-bond donors (Lipinski definition) is 1. The van der Waals surface area contributed by atoms with Gasteiger partial charge < -0.3 is 14.8 Å². The Kier molecular flexibility index (Phi) is 5.93. The van der Waals surface area contributed by atoms with Crippen molar-refractivity contribution >= 4 is 29.2 Å². The summed E-state index contributed by atoms with van der Waals surface area (Å²) in [4.78, 5) is 24.0. The van der Waals surface area contributed by atoms with Gasteiger partial charge >= 0.3 is 5.97 Å². The molecule has 1 amide bonds. The number of ether oxygens (including phenoxy) is 2. The number of esters is 1. The van der Waals surface area contributed by atoms with E-state index in [0.717, 1.165) is 12.1 Å². The van der Waals surface area contributed by atoms with E-state index in [1.807, 2.05) is 0 Å². The van der Waals surface area contributed by atoms with E-state index in [2.05, 4.69) is 5.32 Å². The lowest BCUT2D eigenvalue weighted by molar-refractivity contribution is -0.123. The number of methoxy groups -OCH3 is 1. The summed E-state index contributed by atoms with van der Waals surface area (Å²) in [6.07, 6.45) is -1.17. The molecule has 0 spiro atoms. The molecule has 2 aromatic carbocycles. The van der Waals surface area contributed by atoms with Gasteiger partial charge in [0.1, 0.15) is 5.82 Å². The van der Waals surface area contributed by atoms with E-state index in [9.17, 15) is 18.4 Å². The molecule has 0 aliphatic heterocycles. The van der Waals surface area contributed by atoms with Crippen LogP contribution in [0.1, 0.15) is 17.3 Å². The van der Waals surface area contributed by atoms with Gasteiger partial charge in [0.2, 0.25) is 0 Å². The van der Waals surface area contributed by atoms with Crippen LogP contribution in [0, 0.1) is 11.6 Å². The molecule has 0 radical (unpaired) electrons. The summed E-state index contributed by atoms with van der Waals surface area (Å²) >= 11 is 5.62. The Bertz CT molecular complexity index is 813. The highest BCUT2D eigenvalue weighted by molar-refractivity contribution is 6.31. The van der Waals surface area contributed by atoms with Gasteiger partial charge in [0.25, 0.3) is 5.91 Å². The second-order valence-corrected chi connectivity index (χ2v) is 5.42. The summed E-state index contributed by atoms with van der Waals surface area (Å²) in [5.41, 5.74) is 0.178. The molecular formula is C17H14ClF2NO4. The molecule has 0 saturated carbocycles. The van der Waals surface area contributed by atoms with Crippen molar-refractivity contribution in [1.82, 2.24) is 0 Å². The number of anilines is 1. The van der Waals surface area contributed by atoms with Crippen molar-refractivity contribution in [2.24, 2.45) is 0 Å². The molecule has 0 fully saturated rings. The maximum absolute atomic E-state index is 13.6. The zero-order valence-electron chi connectivity index (χ0n) is 13.3. The van der Waals surface area contributed by atoms with E-state index in [1.165, 1.54) is 38.3 Å². The summed E-state index contributed by atoms with van der Waals surface area (Å²) in [5, 5.41) is 2.28. The monoisotopic (exact) mass is 369 g/mol. The zero-order valence-corrected chi connectivity index (χ0v) is 14.1. The predicted molar refractivity (Wildman–Crippen MR) is 87.9 cm³/mol. The van der Waals surface area contributed by atoms with Crippen molar-refractivity contribution in [3.05, 3.63) is 58.6 Å². The SMILES string of the molecule is COc1ccc(C(=O)O[C@@H](C)C(=O)Nc2ccc(F)c(Cl)c2)cc1F. The zero-order chi connectivity index (χ0) is 18.6. The van der Waals surface area contributed by atoms with Gasteiger partial charge in [0.15, 0.2) is 17.7 Å². The van der Waals surface area contributed by atoms with Gasteiger partial charge in [-0.15, -0.1) is 0 Å². The normalized spacial score (nSPS) is 11.6. The highest BCUT2D eigenvalue weighted by Crippen LogP contribution is 2.20. The van der Waals surface area contributed by atoms with Crippen molar-refractivity contribution in [3.63, 3.8) is 0 Å². The summed E-state index contributed by atoms with van der Waals surface area (Å²) in [6.45, 7) is 1.35. The third-order valence-corrected chi connectivity index (χ3v) is 3.52. The predicted octanol–water partition coefficient (Wildman–Crippen LogP) is 3.81. The standard InChI is InChI=1S/C17H14ClF2NO4/c1-9(16(22)21-11-4-5-13(19)12(18)8-11)25-17(23)10-3-6-15(24-2)14(20)7-10/h3-9H,1-2H3,(H,21,22)/t9-/m0/s1. The lowest BCUT2D eigenvalue weighted by atomic mass is 10.2. The molecule has 25 heavy (non-hydrogen) atoms. The van der Waals surface area contributed by atoms with E-state index >= 15 is 0 Å². The number of carbonyl (C=O) groups excluding carboxylic acids is 2. The third kappa shape index (κ3) is 4.67. The number of carbonyl (C=O) groups is 2. The van der Waals surface area contributed by atoms with Crippen LogP contribution in [0.25, 0.3) is 0 Å². The fraction of sp³-hybridized carbons (Fsp3) is 0.176. The average Bonchev–Trinajstić information content (AvgIpc) is 2.57. The molecule has 5 nitrogen and oxygen atoms in total. The van der Waals surface area contributed by atoms with Crippen LogP contribution in [0.3, 0.4) is 0 Å². The first-order chi connectivity index (χ1) is 11.8. The Hall–Kier alpha value is -2.67. The molecule has 0 saturated heterocycles. The van der Waals surface area contributed by atoms with Crippen LogP contribution in [-0.4, -0.2) is 25.1 Å². The molecule has 0 aliphatic rings. The van der Waals surface area contributed by atoms with Crippen molar-refractivity contribution in [2.75, 3.05) is 12.4 Å². The molecule has 1 N–H and O–H groups in total. The van der Waals surface area contributed by atoms with Gasteiger partial charge in [-0.2, -0.15) is 0 Å². The molecule has 0 unspecified atom stereocenters. The summed E-state index contributed by atoms with van der Waals surface area (Å²) in [5.74, 6) is -2.89. The van der Waals surface area contributed by atoms with Crippen molar-refractivity contribution in [1.29, 1.82) is 0 Å². The van der Waals surface area contributed by atoms with Gasteiger partial charge in [-0.1, -0.05) is 11.6 Å². The largest absolute Gasteiger partial charge is 0.494 e. The minimum Gasteiger partial charge on any atom is -0.494 e. The number of halogens is 3. The van der Waals surface area contributed by atoms with E-state index in [4.69, 9.17) is 21.1 Å². The van der Waals surface area contributed by atoms with E-state index in [-0.39, 0.29) is 22.0 Å². The molecule has 0 heterocycles. The maximum Gasteiger partial charge on any atom is 0.339 e. The first-order valence-corrected chi connectivity index (χ1v) is 7.50. The quantitative estimate of drug-likeness (QED) is 0.814. The number of benzene rings is 2. The van der Waals surface area contributed by atoms with Gasteiger partial charge in [-0.05, 0) is 43.3 Å². The van der Waals surface area contributed by atoms with Crippen LogP contribution in [0.15, 0.2) is 36.4 Å². The van der Waals surface area contributed by atoms with Gasteiger partial charge in [0.05, 0.1) is 17.7 Å². The van der Waals surface area contributed by atoms with E-state index in [1.54, 1.807) is 0 Å². The number of hydrogen-bond acceptors (Lipinski definition) is 4. The van der Waals surface area contributed by atoms with Gasteiger partial charge in [-0.25, -0.2) is 13.6 Å². The van der Waals surface area contributed by atoms with Crippen molar-refractivity contribution < 1.29 is 27.8 Å². The van der Waals surface area contributed by atoms with Crippen LogP contribution in [0.4, 0.5) is 14.5 Å². The second-order valence-electron chi connectivity index (χ2n) is 5.02. The number of amides is 1. The molecule has 2 aromatic rings. The van der Waals surface area contributed by atoms with Crippen LogP contribution in [0.5, 0.6) is 5.75 Å². The summed E-state index contributed by atoms with van der Waals surface area (Å²) in [7, 11) is 1.30. The van der Waals surface area contributed by atoms with Crippen molar-refractivity contribution in [2.45, 2.75) is 13.0 Å². The molecule has 1 atom stereocenters. The fourth-order valence-electron chi connectivity index (χ4n) is 1.89. The Labute approximate surface area is 147 Å². The second kappa shape index (κ2) is 7.94. The smallest absolute Gasteiger partial charge is 0.339 e. The molecule has 0 aliphatic carbocycles. The van der Waals surface area contributed by atoms with Crippen molar-refractivity contribution in [3.8, 4) is 5.75 Å². The lowest BCUT2D eigenvalue weighted by Crippen LogP contribution is -2.30. The molecule has 0 aromatic heterocycles. The summed E-state index contributed by atoms with van der Waals surface area (Å²) in [6, 6.07) is 7.17. The number of nitrogens with one attached hydrogen (secondary N) is 1. The highest BCUT2D eigenvalue weighted by Gasteiger charge is 2.20.